The maximum absolute atomic E-state index is 6.32. The van der Waals surface area contributed by atoms with E-state index >= 15 is 0 Å². The lowest BCUT2D eigenvalue weighted by molar-refractivity contribution is 0.354. The molecule has 2 rings (SSSR count). The first-order valence-corrected chi connectivity index (χ1v) is 8.23. The molecule has 2 N–H and O–H groups in total. The average Bonchev–Trinajstić information content (AvgIpc) is 2.84. The van der Waals surface area contributed by atoms with Crippen LogP contribution in [0.1, 0.15) is 17.2 Å². The lowest BCUT2D eigenvalue weighted by Gasteiger charge is -2.16. The predicted molar refractivity (Wildman–Crippen MR) is 90.3 cm³/mol. The Labute approximate surface area is 138 Å². The van der Waals surface area contributed by atoms with Gasteiger partial charge in [0, 0.05) is 4.47 Å². The summed E-state index contributed by atoms with van der Waals surface area (Å²) in [7, 11) is 3.24. The fourth-order valence-corrected chi connectivity index (χ4v) is 3.75. The lowest BCUT2D eigenvalue weighted by Crippen LogP contribution is -2.12. The Bertz CT molecular complexity index is 588. The topological polar surface area (TPSA) is 44.5 Å². The van der Waals surface area contributed by atoms with Gasteiger partial charge in [0.1, 0.15) is 0 Å². The molecule has 0 aliphatic carbocycles. The molecular formula is C13H13BrINO2S. The van der Waals surface area contributed by atoms with Crippen molar-refractivity contribution in [1.82, 2.24) is 0 Å². The van der Waals surface area contributed by atoms with Gasteiger partial charge in [-0.1, -0.05) is 15.9 Å². The molecule has 0 spiro atoms. The van der Waals surface area contributed by atoms with Gasteiger partial charge in [-0.3, -0.25) is 0 Å². The number of thiophene rings is 1. The first kappa shape index (κ1) is 15.1. The molecule has 0 saturated carbocycles. The highest BCUT2D eigenvalue weighted by molar-refractivity contribution is 14.1. The smallest absolute Gasteiger partial charge is 0.161 e. The van der Waals surface area contributed by atoms with Gasteiger partial charge in [-0.25, -0.2) is 0 Å². The van der Waals surface area contributed by atoms with Crippen LogP contribution in [-0.4, -0.2) is 14.2 Å². The van der Waals surface area contributed by atoms with Gasteiger partial charge in [0.2, 0.25) is 0 Å². The van der Waals surface area contributed by atoms with Gasteiger partial charge in [-0.15, -0.1) is 11.3 Å². The minimum atomic E-state index is -0.186. The van der Waals surface area contributed by atoms with Crippen molar-refractivity contribution in [2.75, 3.05) is 14.2 Å². The van der Waals surface area contributed by atoms with Crippen molar-refractivity contribution in [3.63, 3.8) is 0 Å². The summed E-state index contributed by atoms with van der Waals surface area (Å²) in [6.45, 7) is 0. The number of ether oxygens (including phenoxy) is 2. The number of halogens is 2. The quantitative estimate of drug-likeness (QED) is 0.706. The van der Waals surface area contributed by atoms with E-state index in [1.54, 1.807) is 25.6 Å². The molecule has 3 nitrogen and oxygen atoms in total. The van der Waals surface area contributed by atoms with Crippen LogP contribution in [0.25, 0.3) is 0 Å². The number of hydrogen-bond donors (Lipinski definition) is 1. The Morgan fingerprint density at radius 1 is 1.21 bits per heavy atom. The van der Waals surface area contributed by atoms with E-state index in [1.165, 1.54) is 2.88 Å². The Hall–Kier alpha value is -0.310. The van der Waals surface area contributed by atoms with Gasteiger partial charge in [-0.2, -0.15) is 0 Å². The molecule has 0 saturated heterocycles. The Balaban J connectivity index is 2.44. The van der Waals surface area contributed by atoms with Gasteiger partial charge in [-0.05, 0) is 57.3 Å². The summed E-state index contributed by atoms with van der Waals surface area (Å²) in [5.74, 6) is 1.37. The van der Waals surface area contributed by atoms with Gasteiger partial charge in [0.05, 0.1) is 23.1 Å². The predicted octanol–water partition coefficient (Wildman–Crippen LogP) is 4.18. The molecule has 1 aromatic carbocycles. The Morgan fingerprint density at radius 2 is 1.84 bits per heavy atom. The summed E-state index contributed by atoms with van der Waals surface area (Å²) in [6.07, 6.45) is 0. The van der Waals surface area contributed by atoms with Crippen molar-refractivity contribution in [1.29, 1.82) is 0 Å². The van der Waals surface area contributed by atoms with E-state index in [2.05, 4.69) is 50.0 Å². The first-order valence-electron chi connectivity index (χ1n) is 5.47. The van der Waals surface area contributed by atoms with Gasteiger partial charge in [0.15, 0.2) is 11.5 Å². The summed E-state index contributed by atoms with van der Waals surface area (Å²) < 4.78 is 12.7. The third-order valence-corrected chi connectivity index (χ3v) is 5.28. The molecule has 1 atom stereocenters. The van der Waals surface area contributed by atoms with Crippen LogP contribution >= 0.6 is 49.9 Å². The van der Waals surface area contributed by atoms with Gasteiger partial charge < -0.3 is 15.2 Å². The van der Waals surface area contributed by atoms with Crippen molar-refractivity contribution in [2.24, 2.45) is 5.73 Å². The Kier molecular flexibility index (Phi) is 5.10. The van der Waals surface area contributed by atoms with E-state index in [1.807, 2.05) is 12.1 Å². The molecule has 6 heteroatoms. The zero-order valence-electron chi connectivity index (χ0n) is 10.4. The molecule has 2 aromatic rings. The fraction of sp³-hybridized carbons (Fsp3) is 0.231. The van der Waals surface area contributed by atoms with Crippen molar-refractivity contribution in [2.45, 2.75) is 6.04 Å². The van der Waals surface area contributed by atoms with Crippen LogP contribution in [0.5, 0.6) is 11.5 Å². The van der Waals surface area contributed by atoms with E-state index in [4.69, 9.17) is 15.2 Å². The van der Waals surface area contributed by atoms with Gasteiger partial charge >= 0.3 is 0 Å². The number of hydrogen-bond acceptors (Lipinski definition) is 4. The molecule has 0 amide bonds. The lowest BCUT2D eigenvalue weighted by atomic mass is 10.0. The second-order valence-electron chi connectivity index (χ2n) is 3.89. The molecule has 0 aliphatic heterocycles. The fourth-order valence-electron chi connectivity index (χ4n) is 1.77. The van der Waals surface area contributed by atoms with Crippen molar-refractivity contribution < 1.29 is 9.47 Å². The minimum absolute atomic E-state index is 0.186. The molecule has 1 unspecified atom stereocenters. The van der Waals surface area contributed by atoms with Crippen LogP contribution < -0.4 is 15.2 Å². The second-order valence-corrected chi connectivity index (χ2v) is 7.55. The molecule has 1 aromatic heterocycles. The molecule has 19 heavy (non-hydrogen) atoms. The van der Waals surface area contributed by atoms with E-state index in [-0.39, 0.29) is 6.04 Å². The maximum atomic E-state index is 6.32. The standard InChI is InChI=1S/C13H13BrINO2S/c1-17-10-4-8(9(14)5-11(10)18-2)13(16)7-3-12(15)19-6-7/h3-6,13H,16H2,1-2H3. The van der Waals surface area contributed by atoms with E-state index < -0.39 is 0 Å². The van der Waals surface area contributed by atoms with Crippen LogP contribution in [0, 0.1) is 2.88 Å². The summed E-state index contributed by atoms with van der Waals surface area (Å²) in [6, 6.07) is 5.71. The number of rotatable bonds is 4. The van der Waals surface area contributed by atoms with Gasteiger partial charge in [0.25, 0.3) is 0 Å². The minimum Gasteiger partial charge on any atom is -0.493 e. The van der Waals surface area contributed by atoms with Crippen LogP contribution in [-0.2, 0) is 0 Å². The zero-order chi connectivity index (χ0) is 14.0. The molecule has 0 aliphatic rings. The summed E-state index contributed by atoms with van der Waals surface area (Å²) >= 11 is 7.52. The highest BCUT2D eigenvalue weighted by Crippen LogP contribution is 2.37. The monoisotopic (exact) mass is 453 g/mol. The molecule has 0 radical (unpaired) electrons. The van der Waals surface area contributed by atoms with Crippen molar-refractivity contribution in [3.8, 4) is 11.5 Å². The third kappa shape index (κ3) is 3.24. The van der Waals surface area contributed by atoms with Crippen molar-refractivity contribution in [3.05, 3.63) is 42.1 Å². The zero-order valence-corrected chi connectivity index (χ0v) is 15.0. The average molecular weight is 454 g/mol. The second kappa shape index (κ2) is 6.43. The number of methoxy groups -OCH3 is 2. The van der Waals surface area contributed by atoms with Crippen LogP contribution in [0.4, 0.5) is 0 Å². The van der Waals surface area contributed by atoms with Crippen LogP contribution in [0.15, 0.2) is 28.1 Å². The highest BCUT2D eigenvalue weighted by Gasteiger charge is 2.17. The summed E-state index contributed by atoms with van der Waals surface area (Å²) in [4.78, 5) is 0. The number of nitrogens with two attached hydrogens (primary N) is 1. The summed E-state index contributed by atoms with van der Waals surface area (Å²) in [5, 5.41) is 2.08. The molecular weight excluding hydrogens is 441 g/mol. The molecule has 0 fully saturated rings. The van der Waals surface area contributed by atoms with Crippen LogP contribution in [0.3, 0.4) is 0 Å². The first-order chi connectivity index (χ1) is 9.06. The molecule has 102 valence electrons. The molecule has 0 bridgehead atoms. The summed E-state index contributed by atoms with van der Waals surface area (Å²) in [5.41, 5.74) is 8.40. The highest BCUT2D eigenvalue weighted by atomic mass is 127. The molecule has 1 heterocycles. The maximum Gasteiger partial charge on any atom is 0.161 e. The van der Waals surface area contributed by atoms with Crippen molar-refractivity contribution >= 4 is 49.9 Å². The SMILES string of the molecule is COc1cc(Br)c(C(N)c2csc(I)c2)cc1OC. The number of benzene rings is 1. The van der Waals surface area contributed by atoms with E-state index in [0.717, 1.165) is 15.6 Å². The van der Waals surface area contributed by atoms with E-state index in [0.29, 0.717) is 11.5 Å². The largest absolute Gasteiger partial charge is 0.493 e. The third-order valence-electron chi connectivity index (χ3n) is 2.78. The normalized spacial score (nSPS) is 12.3. The van der Waals surface area contributed by atoms with E-state index in [9.17, 15) is 0 Å². The Morgan fingerprint density at radius 3 is 2.37 bits per heavy atom. The van der Waals surface area contributed by atoms with Crippen LogP contribution in [0.2, 0.25) is 0 Å².